The van der Waals surface area contributed by atoms with E-state index in [-0.39, 0.29) is 25.2 Å². The van der Waals surface area contributed by atoms with E-state index in [1.807, 2.05) is 0 Å². The molecule has 258 valence electrons. The van der Waals surface area contributed by atoms with Crippen molar-refractivity contribution in [1.29, 1.82) is 0 Å². The average Bonchev–Trinajstić information content (AvgIpc) is 3.02. The number of allylic oxidation sites excluding steroid dienone is 4. The summed E-state index contributed by atoms with van der Waals surface area (Å²) in [7, 11) is 0. The molecule has 1 atom stereocenters. The standard InChI is InChI=1S/C39H72O5/c1-3-5-7-9-11-13-15-17-19-21-23-25-27-29-31-33-38(41)43-36-37(35-40)44-39(42)34-32-30-28-26-24-22-20-18-16-14-12-10-8-6-4-2/h17-20,37,40H,3-16,21-36H2,1-2H3/t37-/m0/s1. The van der Waals surface area contributed by atoms with E-state index in [0.717, 1.165) is 51.4 Å². The summed E-state index contributed by atoms with van der Waals surface area (Å²) in [6, 6.07) is 0. The summed E-state index contributed by atoms with van der Waals surface area (Å²) in [6.07, 6.45) is 40.9. The van der Waals surface area contributed by atoms with Crippen molar-refractivity contribution in [3.63, 3.8) is 0 Å². The lowest BCUT2D eigenvalue weighted by Gasteiger charge is -2.15. The van der Waals surface area contributed by atoms with E-state index in [1.54, 1.807) is 0 Å². The Morgan fingerprint density at radius 1 is 0.500 bits per heavy atom. The summed E-state index contributed by atoms with van der Waals surface area (Å²) >= 11 is 0. The highest BCUT2D eigenvalue weighted by molar-refractivity contribution is 5.70. The van der Waals surface area contributed by atoms with Gasteiger partial charge in [-0.2, -0.15) is 0 Å². The van der Waals surface area contributed by atoms with Gasteiger partial charge in [0.25, 0.3) is 0 Å². The summed E-state index contributed by atoms with van der Waals surface area (Å²) in [5.41, 5.74) is 0. The second-order valence-electron chi connectivity index (χ2n) is 12.6. The van der Waals surface area contributed by atoms with Crippen LogP contribution in [-0.4, -0.2) is 36.4 Å². The first-order chi connectivity index (χ1) is 21.6. The van der Waals surface area contributed by atoms with Crippen LogP contribution in [0.5, 0.6) is 0 Å². The number of aliphatic hydroxyl groups excluding tert-OH is 1. The van der Waals surface area contributed by atoms with Crippen LogP contribution in [0, 0.1) is 0 Å². The molecule has 0 saturated carbocycles. The third-order valence-corrected chi connectivity index (χ3v) is 8.22. The van der Waals surface area contributed by atoms with Gasteiger partial charge in [0.1, 0.15) is 6.61 Å². The molecular weight excluding hydrogens is 548 g/mol. The Hall–Kier alpha value is -1.62. The molecule has 5 nitrogen and oxygen atoms in total. The van der Waals surface area contributed by atoms with Crippen LogP contribution in [0.4, 0.5) is 0 Å². The molecule has 0 amide bonds. The lowest BCUT2D eigenvalue weighted by molar-refractivity contribution is -0.161. The summed E-state index contributed by atoms with van der Waals surface area (Å²) in [5.74, 6) is -0.607. The molecule has 44 heavy (non-hydrogen) atoms. The molecule has 0 aromatic carbocycles. The third kappa shape index (κ3) is 33.3. The van der Waals surface area contributed by atoms with Gasteiger partial charge in [-0.3, -0.25) is 9.59 Å². The predicted molar refractivity (Wildman–Crippen MR) is 187 cm³/mol. The topological polar surface area (TPSA) is 72.8 Å². The molecule has 0 aliphatic carbocycles. The monoisotopic (exact) mass is 621 g/mol. The summed E-state index contributed by atoms with van der Waals surface area (Å²) in [5, 5.41) is 9.53. The summed E-state index contributed by atoms with van der Waals surface area (Å²) in [4.78, 5) is 24.2. The summed E-state index contributed by atoms with van der Waals surface area (Å²) < 4.78 is 10.6. The minimum atomic E-state index is -0.774. The lowest BCUT2D eigenvalue weighted by atomic mass is 10.1. The predicted octanol–water partition coefficient (Wildman–Crippen LogP) is 11.5. The van der Waals surface area contributed by atoms with Crippen molar-refractivity contribution in [2.24, 2.45) is 0 Å². The second-order valence-corrected chi connectivity index (χ2v) is 12.6. The van der Waals surface area contributed by atoms with E-state index in [1.165, 1.54) is 116 Å². The number of hydrogen-bond acceptors (Lipinski definition) is 5. The molecule has 0 aliphatic heterocycles. The SMILES string of the molecule is CCCCCCCCC=CCCCCCCCC(=O)OC[C@H](CO)OC(=O)CCCCCCCC=CCCCCCCCC. The van der Waals surface area contributed by atoms with Crippen molar-refractivity contribution in [3.8, 4) is 0 Å². The number of rotatable bonds is 34. The van der Waals surface area contributed by atoms with Gasteiger partial charge in [0.15, 0.2) is 6.10 Å². The first-order valence-electron chi connectivity index (χ1n) is 18.9. The normalized spacial score (nSPS) is 12.3. The minimum Gasteiger partial charge on any atom is -0.462 e. The van der Waals surface area contributed by atoms with E-state index in [2.05, 4.69) is 38.2 Å². The molecule has 0 bridgehead atoms. The fourth-order valence-electron chi connectivity index (χ4n) is 5.31. The number of unbranched alkanes of at least 4 members (excludes halogenated alkanes) is 22. The van der Waals surface area contributed by atoms with Crippen LogP contribution >= 0.6 is 0 Å². The van der Waals surface area contributed by atoms with E-state index < -0.39 is 6.10 Å². The van der Waals surface area contributed by atoms with Gasteiger partial charge < -0.3 is 14.6 Å². The molecule has 5 heteroatoms. The van der Waals surface area contributed by atoms with Crippen molar-refractivity contribution in [2.45, 2.75) is 200 Å². The minimum absolute atomic E-state index is 0.0709. The maximum absolute atomic E-state index is 12.1. The van der Waals surface area contributed by atoms with Gasteiger partial charge in [0.05, 0.1) is 6.61 Å². The molecule has 0 heterocycles. The highest BCUT2D eigenvalue weighted by Gasteiger charge is 2.16. The molecule has 0 spiro atoms. The Labute approximate surface area is 273 Å². The van der Waals surface area contributed by atoms with Crippen LogP contribution in [0.15, 0.2) is 24.3 Å². The summed E-state index contributed by atoms with van der Waals surface area (Å²) in [6.45, 7) is 4.11. The number of aliphatic hydroxyl groups is 1. The highest BCUT2D eigenvalue weighted by Crippen LogP contribution is 2.12. The van der Waals surface area contributed by atoms with Gasteiger partial charge in [0.2, 0.25) is 0 Å². The van der Waals surface area contributed by atoms with Crippen LogP contribution < -0.4 is 0 Å². The molecule has 0 unspecified atom stereocenters. The Morgan fingerprint density at radius 2 is 0.841 bits per heavy atom. The number of carbonyl (C=O) groups excluding carboxylic acids is 2. The van der Waals surface area contributed by atoms with Gasteiger partial charge in [-0.1, -0.05) is 141 Å². The van der Waals surface area contributed by atoms with Crippen LogP contribution in [-0.2, 0) is 19.1 Å². The van der Waals surface area contributed by atoms with E-state index in [0.29, 0.717) is 12.8 Å². The van der Waals surface area contributed by atoms with E-state index >= 15 is 0 Å². The van der Waals surface area contributed by atoms with Crippen molar-refractivity contribution in [1.82, 2.24) is 0 Å². The van der Waals surface area contributed by atoms with Crippen LogP contribution in [0.25, 0.3) is 0 Å². The first kappa shape index (κ1) is 42.4. The van der Waals surface area contributed by atoms with Crippen LogP contribution in [0.2, 0.25) is 0 Å². The first-order valence-corrected chi connectivity index (χ1v) is 18.9. The zero-order valence-electron chi connectivity index (χ0n) is 29.2. The Kier molecular flexibility index (Phi) is 34.5. The maximum Gasteiger partial charge on any atom is 0.306 e. The van der Waals surface area contributed by atoms with Crippen molar-refractivity contribution in [3.05, 3.63) is 24.3 Å². The van der Waals surface area contributed by atoms with E-state index in [4.69, 9.17) is 9.47 Å². The molecule has 0 aliphatic rings. The fraction of sp³-hybridized carbons (Fsp3) is 0.846. The molecule has 0 saturated heterocycles. The van der Waals surface area contributed by atoms with Gasteiger partial charge in [-0.05, 0) is 64.2 Å². The number of hydrogen-bond donors (Lipinski definition) is 1. The van der Waals surface area contributed by atoms with Crippen molar-refractivity contribution in [2.75, 3.05) is 13.2 Å². The Balaban J connectivity index is 3.58. The Bertz CT molecular complexity index is 671. The lowest BCUT2D eigenvalue weighted by Crippen LogP contribution is -2.28. The maximum atomic E-state index is 12.1. The number of ether oxygens (including phenoxy) is 2. The van der Waals surface area contributed by atoms with Gasteiger partial charge in [0, 0.05) is 12.8 Å². The van der Waals surface area contributed by atoms with E-state index in [9.17, 15) is 14.7 Å². The molecule has 0 rings (SSSR count). The molecule has 1 N–H and O–H groups in total. The van der Waals surface area contributed by atoms with Gasteiger partial charge in [-0.15, -0.1) is 0 Å². The number of esters is 2. The van der Waals surface area contributed by atoms with Gasteiger partial charge in [-0.25, -0.2) is 0 Å². The van der Waals surface area contributed by atoms with Crippen LogP contribution in [0.1, 0.15) is 194 Å². The van der Waals surface area contributed by atoms with Gasteiger partial charge >= 0.3 is 11.9 Å². The molecule has 0 radical (unpaired) electrons. The zero-order chi connectivity index (χ0) is 32.2. The second kappa shape index (κ2) is 35.9. The van der Waals surface area contributed by atoms with Crippen molar-refractivity contribution >= 4 is 11.9 Å². The molecule has 0 fully saturated rings. The third-order valence-electron chi connectivity index (χ3n) is 8.22. The molecular formula is C39H72O5. The smallest absolute Gasteiger partial charge is 0.306 e. The Morgan fingerprint density at radius 3 is 1.23 bits per heavy atom. The molecule has 0 aromatic heterocycles. The fourth-order valence-corrected chi connectivity index (χ4v) is 5.31. The quantitative estimate of drug-likeness (QED) is 0.0440. The highest BCUT2D eigenvalue weighted by atomic mass is 16.6. The number of carbonyl (C=O) groups is 2. The molecule has 0 aromatic rings. The zero-order valence-corrected chi connectivity index (χ0v) is 29.2. The largest absolute Gasteiger partial charge is 0.462 e. The van der Waals surface area contributed by atoms with Crippen LogP contribution in [0.3, 0.4) is 0 Å². The average molecular weight is 621 g/mol. The van der Waals surface area contributed by atoms with Crippen molar-refractivity contribution < 1.29 is 24.2 Å².